The van der Waals surface area contributed by atoms with Gasteiger partial charge < -0.3 is 13.9 Å². The van der Waals surface area contributed by atoms with Crippen LogP contribution in [0.4, 0.5) is 0 Å². The van der Waals surface area contributed by atoms with Crippen LogP contribution in [0.2, 0.25) is 0 Å². The molecule has 0 fully saturated rings. The quantitative estimate of drug-likeness (QED) is 0.125. The van der Waals surface area contributed by atoms with Gasteiger partial charge in [-0.1, -0.05) is 77.3 Å². The van der Waals surface area contributed by atoms with Crippen molar-refractivity contribution < 1.29 is 18.7 Å². The number of hydrogen-bond acceptors (Lipinski definition) is 5. The van der Waals surface area contributed by atoms with Crippen molar-refractivity contribution in [2.24, 2.45) is 0 Å². The van der Waals surface area contributed by atoms with Gasteiger partial charge in [0.1, 0.15) is 23.3 Å². The Labute approximate surface area is 208 Å². The van der Waals surface area contributed by atoms with Gasteiger partial charge in [-0.2, -0.15) is 0 Å². The summed E-state index contributed by atoms with van der Waals surface area (Å²) in [6.45, 7) is 4.97. The van der Waals surface area contributed by atoms with Crippen LogP contribution in [-0.2, 0) is 4.79 Å². The van der Waals surface area contributed by atoms with Crippen LogP contribution in [0.1, 0.15) is 84.5 Å². The first-order valence-corrected chi connectivity index (χ1v) is 13.1. The first-order chi connectivity index (χ1) is 17.1. The third-order valence-corrected chi connectivity index (χ3v) is 6.14. The zero-order chi connectivity index (χ0) is 24.9. The van der Waals surface area contributed by atoms with Gasteiger partial charge in [-0.25, -0.2) is 0 Å². The molecule has 0 aliphatic heterocycles. The number of carbonyl (C=O) groups excluding carboxylic acids is 1. The minimum atomic E-state index is -0.283. The second-order valence-electron chi connectivity index (χ2n) is 9.06. The van der Waals surface area contributed by atoms with E-state index in [9.17, 15) is 9.59 Å². The molecule has 0 N–H and O–H groups in total. The van der Waals surface area contributed by atoms with Crippen LogP contribution in [0, 0.1) is 0 Å². The lowest BCUT2D eigenvalue weighted by Crippen LogP contribution is -2.08. The fraction of sp³-hybridized carbons (Fsp3) is 0.467. The van der Waals surface area contributed by atoms with E-state index in [-0.39, 0.29) is 11.4 Å². The summed E-state index contributed by atoms with van der Waals surface area (Å²) in [5.74, 6) is 0.902. The molecule has 0 atom stereocenters. The maximum absolute atomic E-state index is 13.0. The second kappa shape index (κ2) is 14.3. The van der Waals surface area contributed by atoms with Crippen molar-refractivity contribution in [2.75, 3.05) is 6.61 Å². The highest BCUT2D eigenvalue weighted by Gasteiger charge is 2.12. The molecule has 35 heavy (non-hydrogen) atoms. The van der Waals surface area contributed by atoms with Crippen molar-refractivity contribution in [1.29, 1.82) is 0 Å². The minimum absolute atomic E-state index is 0.122. The van der Waals surface area contributed by atoms with Crippen molar-refractivity contribution in [3.8, 4) is 22.6 Å². The zero-order valence-electron chi connectivity index (χ0n) is 21.1. The smallest absolute Gasteiger partial charge is 0.311 e. The molecule has 0 bridgehead atoms. The maximum atomic E-state index is 13.0. The minimum Gasteiger partial charge on any atom is -0.494 e. The van der Waals surface area contributed by atoms with E-state index in [1.54, 1.807) is 18.2 Å². The summed E-state index contributed by atoms with van der Waals surface area (Å²) < 4.78 is 16.9. The van der Waals surface area contributed by atoms with Crippen LogP contribution in [0.15, 0.2) is 57.9 Å². The lowest BCUT2D eigenvalue weighted by Gasteiger charge is -2.08. The van der Waals surface area contributed by atoms with Crippen LogP contribution in [0.5, 0.6) is 11.5 Å². The molecule has 0 saturated heterocycles. The number of carbonyl (C=O) groups is 1. The first-order valence-electron chi connectivity index (χ1n) is 13.1. The van der Waals surface area contributed by atoms with Crippen molar-refractivity contribution in [2.45, 2.75) is 84.5 Å². The molecule has 0 amide bonds. The summed E-state index contributed by atoms with van der Waals surface area (Å²) in [6.07, 6.45) is 13.7. The molecular weight excluding hydrogens is 440 g/mol. The van der Waals surface area contributed by atoms with E-state index in [1.807, 2.05) is 31.2 Å². The molecule has 2 aromatic carbocycles. The average Bonchev–Trinajstić information content (AvgIpc) is 2.87. The highest BCUT2D eigenvalue weighted by atomic mass is 16.5. The van der Waals surface area contributed by atoms with Crippen LogP contribution in [0.3, 0.4) is 0 Å². The van der Waals surface area contributed by atoms with Gasteiger partial charge in [-0.05, 0) is 42.7 Å². The van der Waals surface area contributed by atoms with Crippen molar-refractivity contribution in [3.63, 3.8) is 0 Å². The highest BCUT2D eigenvalue weighted by molar-refractivity contribution is 5.83. The number of benzene rings is 2. The van der Waals surface area contributed by atoms with Gasteiger partial charge in [0.15, 0.2) is 5.43 Å². The molecule has 3 rings (SSSR count). The molecule has 3 aromatic rings. The van der Waals surface area contributed by atoms with E-state index in [4.69, 9.17) is 13.9 Å². The maximum Gasteiger partial charge on any atom is 0.311 e. The molecule has 5 nitrogen and oxygen atoms in total. The fourth-order valence-electron chi connectivity index (χ4n) is 4.03. The predicted molar refractivity (Wildman–Crippen MR) is 141 cm³/mol. The van der Waals surface area contributed by atoms with Crippen LogP contribution in [0.25, 0.3) is 22.1 Å². The highest BCUT2D eigenvalue weighted by Crippen LogP contribution is 2.25. The molecule has 188 valence electrons. The third-order valence-electron chi connectivity index (χ3n) is 6.14. The van der Waals surface area contributed by atoms with Gasteiger partial charge in [0.25, 0.3) is 0 Å². The SMILES string of the molecule is CCCCCCCCCCOc1ccc(-c2coc3cc(OC(=O)CCCC)ccc3c2=O)cc1. The lowest BCUT2D eigenvalue weighted by molar-refractivity contribution is -0.134. The van der Waals surface area contributed by atoms with E-state index in [0.717, 1.165) is 30.6 Å². The van der Waals surface area contributed by atoms with Gasteiger partial charge in [-0.3, -0.25) is 9.59 Å². The van der Waals surface area contributed by atoms with Gasteiger partial charge in [-0.15, -0.1) is 0 Å². The number of ether oxygens (including phenoxy) is 2. The molecule has 1 aromatic heterocycles. The van der Waals surface area contributed by atoms with Gasteiger partial charge >= 0.3 is 5.97 Å². The normalized spacial score (nSPS) is 11.0. The van der Waals surface area contributed by atoms with Gasteiger partial charge in [0.2, 0.25) is 0 Å². The van der Waals surface area contributed by atoms with Crippen molar-refractivity contribution in [1.82, 2.24) is 0 Å². The van der Waals surface area contributed by atoms with Crippen molar-refractivity contribution in [3.05, 3.63) is 59.0 Å². The Hall–Kier alpha value is -3.08. The summed E-state index contributed by atoms with van der Waals surface area (Å²) in [5.41, 5.74) is 1.53. The molecule has 0 spiro atoms. The number of fused-ring (bicyclic) bond motifs is 1. The zero-order valence-corrected chi connectivity index (χ0v) is 21.1. The Bertz CT molecular complexity index is 1110. The molecular formula is C30H38O5. The van der Waals surface area contributed by atoms with E-state index >= 15 is 0 Å². The Morgan fingerprint density at radius 2 is 1.46 bits per heavy atom. The van der Waals surface area contributed by atoms with Crippen LogP contribution >= 0.6 is 0 Å². The molecule has 0 saturated carbocycles. The lowest BCUT2D eigenvalue weighted by atomic mass is 10.1. The number of unbranched alkanes of at least 4 members (excludes halogenated alkanes) is 8. The fourth-order valence-corrected chi connectivity index (χ4v) is 4.03. The molecule has 0 aliphatic carbocycles. The average molecular weight is 479 g/mol. The summed E-state index contributed by atoms with van der Waals surface area (Å²) in [7, 11) is 0. The summed E-state index contributed by atoms with van der Waals surface area (Å²) in [4.78, 5) is 24.9. The van der Waals surface area contributed by atoms with Gasteiger partial charge in [0.05, 0.1) is 17.6 Å². The molecule has 1 heterocycles. The van der Waals surface area contributed by atoms with Crippen LogP contribution in [-0.4, -0.2) is 12.6 Å². The molecule has 5 heteroatoms. The third kappa shape index (κ3) is 8.27. The number of rotatable bonds is 15. The predicted octanol–water partition coefficient (Wildman–Crippen LogP) is 8.08. The van der Waals surface area contributed by atoms with E-state index in [1.165, 1.54) is 51.2 Å². The number of esters is 1. The molecule has 0 unspecified atom stereocenters. The second-order valence-corrected chi connectivity index (χ2v) is 9.06. The topological polar surface area (TPSA) is 65.7 Å². The van der Waals surface area contributed by atoms with Gasteiger partial charge in [0, 0.05) is 12.5 Å². The molecule has 0 radical (unpaired) electrons. The Morgan fingerprint density at radius 1 is 0.800 bits per heavy atom. The van der Waals surface area contributed by atoms with E-state index in [0.29, 0.717) is 35.3 Å². The van der Waals surface area contributed by atoms with E-state index in [2.05, 4.69) is 6.92 Å². The van der Waals surface area contributed by atoms with Crippen molar-refractivity contribution >= 4 is 16.9 Å². The van der Waals surface area contributed by atoms with E-state index < -0.39 is 0 Å². The number of hydrogen-bond donors (Lipinski definition) is 0. The largest absolute Gasteiger partial charge is 0.494 e. The Balaban J connectivity index is 1.54. The van der Waals surface area contributed by atoms with Crippen LogP contribution < -0.4 is 14.9 Å². The Kier molecular flexibility index (Phi) is 10.9. The monoisotopic (exact) mass is 478 g/mol. The Morgan fingerprint density at radius 3 is 2.17 bits per heavy atom. The summed E-state index contributed by atoms with van der Waals surface area (Å²) >= 11 is 0. The summed E-state index contributed by atoms with van der Waals surface area (Å²) in [5, 5.41) is 0.450. The first kappa shape index (κ1) is 26.5. The standard InChI is InChI=1S/C30H38O5/c1-3-5-7-8-9-10-11-12-20-33-24-16-14-23(15-17-24)27-22-34-28-21-25(18-19-26(28)30(27)32)35-29(31)13-6-4-2/h14-19,21-22H,3-13,20H2,1-2H3. The summed E-state index contributed by atoms with van der Waals surface area (Å²) in [6, 6.07) is 12.4. The molecule has 0 aliphatic rings.